The number of rotatable bonds is 2. The molecule has 0 aliphatic carbocycles. The van der Waals surface area contributed by atoms with Gasteiger partial charge < -0.3 is 0 Å². The van der Waals surface area contributed by atoms with Crippen molar-refractivity contribution in [3.8, 4) is 0 Å². The minimum Gasteiger partial charge on any atom is -0.166 e. The number of hydrogen-bond acceptors (Lipinski definition) is 0. The van der Waals surface area contributed by atoms with Gasteiger partial charge in [0.05, 0.1) is 5.56 Å². The molecule has 0 saturated heterocycles. The van der Waals surface area contributed by atoms with E-state index >= 15 is 0 Å². The SMILES string of the molecule is CC(C)C=Cc1ccc(C(F)(F)F)cc1. The topological polar surface area (TPSA) is 0 Å². The van der Waals surface area contributed by atoms with Crippen molar-refractivity contribution in [1.29, 1.82) is 0 Å². The highest BCUT2D eigenvalue weighted by Crippen LogP contribution is 2.29. The Labute approximate surface area is 87.4 Å². The Morgan fingerprint density at radius 2 is 1.60 bits per heavy atom. The Kier molecular flexibility index (Phi) is 3.56. The summed E-state index contributed by atoms with van der Waals surface area (Å²) < 4.78 is 36.6. The smallest absolute Gasteiger partial charge is 0.166 e. The number of allylic oxidation sites excluding steroid dienone is 1. The Balaban J connectivity index is 2.82. The Morgan fingerprint density at radius 1 is 1.07 bits per heavy atom. The molecule has 0 unspecified atom stereocenters. The van der Waals surface area contributed by atoms with Gasteiger partial charge in [-0.05, 0) is 23.6 Å². The third-order valence-electron chi connectivity index (χ3n) is 1.91. The highest BCUT2D eigenvalue weighted by Gasteiger charge is 2.29. The second kappa shape index (κ2) is 4.51. The molecule has 0 saturated carbocycles. The number of hydrogen-bond donors (Lipinski definition) is 0. The van der Waals surface area contributed by atoms with Crippen LogP contribution < -0.4 is 0 Å². The van der Waals surface area contributed by atoms with Crippen molar-refractivity contribution in [2.75, 3.05) is 0 Å². The molecule has 0 aliphatic rings. The molecule has 0 atom stereocenters. The summed E-state index contributed by atoms with van der Waals surface area (Å²) in [7, 11) is 0. The molecule has 0 radical (unpaired) electrons. The van der Waals surface area contributed by atoms with Gasteiger partial charge in [-0.3, -0.25) is 0 Å². The van der Waals surface area contributed by atoms with Crippen molar-refractivity contribution in [3.05, 3.63) is 41.5 Å². The summed E-state index contributed by atoms with van der Waals surface area (Å²) in [4.78, 5) is 0. The fourth-order valence-corrected chi connectivity index (χ4v) is 1.09. The molecule has 1 aromatic carbocycles. The van der Waals surface area contributed by atoms with Gasteiger partial charge in [0, 0.05) is 0 Å². The highest BCUT2D eigenvalue weighted by atomic mass is 19.4. The molecule has 0 aromatic heterocycles. The van der Waals surface area contributed by atoms with Crippen LogP contribution in [0.5, 0.6) is 0 Å². The van der Waals surface area contributed by atoms with Gasteiger partial charge in [0.15, 0.2) is 0 Å². The second-order valence-electron chi connectivity index (χ2n) is 3.72. The number of benzene rings is 1. The molecule has 0 fully saturated rings. The molecule has 0 bridgehead atoms. The second-order valence-corrected chi connectivity index (χ2v) is 3.72. The lowest BCUT2D eigenvalue weighted by Crippen LogP contribution is -2.03. The zero-order valence-corrected chi connectivity index (χ0v) is 8.68. The molecule has 15 heavy (non-hydrogen) atoms. The lowest BCUT2D eigenvalue weighted by molar-refractivity contribution is -0.137. The lowest BCUT2D eigenvalue weighted by atomic mass is 10.1. The van der Waals surface area contributed by atoms with Gasteiger partial charge in [-0.2, -0.15) is 13.2 Å². The van der Waals surface area contributed by atoms with Gasteiger partial charge in [-0.25, -0.2) is 0 Å². The van der Waals surface area contributed by atoms with Crippen LogP contribution in [0.2, 0.25) is 0 Å². The van der Waals surface area contributed by atoms with Crippen molar-refractivity contribution < 1.29 is 13.2 Å². The van der Waals surface area contributed by atoms with Gasteiger partial charge in [0.2, 0.25) is 0 Å². The van der Waals surface area contributed by atoms with Crippen molar-refractivity contribution in [2.24, 2.45) is 5.92 Å². The van der Waals surface area contributed by atoms with Crippen LogP contribution in [0.3, 0.4) is 0 Å². The van der Waals surface area contributed by atoms with Crippen LogP contribution in [0, 0.1) is 5.92 Å². The maximum Gasteiger partial charge on any atom is 0.416 e. The molecule has 1 rings (SSSR count). The van der Waals surface area contributed by atoms with Crippen LogP contribution in [-0.2, 0) is 6.18 Å². The van der Waals surface area contributed by atoms with E-state index in [0.717, 1.165) is 17.7 Å². The van der Waals surface area contributed by atoms with E-state index in [2.05, 4.69) is 0 Å². The number of alkyl halides is 3. The number of halogens is 3. The Bertz CT molecular complexity index is 331. The third kappa shape index (κ3) is 3.78. The molecular weight excluding hydrogens is 201 g/mol. The average Bonchev–Trinajstić information content (AvgIpc) is 2.14. The standard InChI is InChI=1S/C12H13F3/c1-9(2)3-4-10-5-7-11(8-6-10)12(13,14)15/h3-9H,1-2H3. The molecule has 0 spiro atoms. The van der Waals surface area contributed by atoms with Crippen LogP contribution in [0.15, 0.2) is 30.3 Å². The van der Waals surface area contributed by atoms with E-state index in [1.807, 2.05) is 26.0 Å². The minimum absolute atomic E-state index is 0.396. The molecule has 3 heteroatoms. The van der Waals surface area contributed by atoms with Crippen LogP contribution in [0.25, 0.3) is 6.08 Å². The summed E-state index contributed by atoms with van der Waals surface area (Å²) in [6.45, 7) is 4.03. The third-order valence-corrected chi connectivity index (χ3v) is 1.91. The maximum absolute atomic E-state index is 12.2. The summed E-state index contributed by atoms with van der Waals surface area (Å²) in [5.74, 6) is 0.396. The fraction of sp³-hybridized carbons (Fsp3) is 0.333. The lowest BCUT2D eigenvalue weighted by Gasteiger charge is -2.06. The molecule has 0 heterocycles. The zero-order valence-electron chi connectivity index (χ0n) is 8.68. The predicted molar refractivity (Wildman–Crippen MR) is 55.3 cm³/mol. The summed E-state index contributed by atoms with van der Waals surface area (Å²) in [6, 6.07) is 5.14. The average molecular weight is 214 g/mol. The monoisotopic (exact) mass is 214 g/mol. The van der Waals surface area contributed by atoms with E-state index < -0.39 is 11.7 Å². The van der Waals surface area contributed by atoms with E-state index in [9.17, 15) is 13.2 Å². The van der Waals surface area contributed by atoms with Gasteiger partial charge >= 0.3 is 6.18 Å². The minimum atomic E-state index is -4.25. The maximum atomic E-state index is 12.2. The van der Waals surface area contributed by atoms with E-state index in [0.29, 0.717) is 5.92 Å². The van der Waals surface area contributed by atoms with Gasteiger partial charge in [0.1, 0.15) is 0 Å². The molecular formula is C12H13F3. The zero-order chi connectivity index (χ0) is 11.5. The molecule has 0 nitrogen and oxygen atoms in total. The van der Waals surface area contributed by atoms with Gasteiger partial charge in [-0.15, -0.1) is 0 Å². The van der Waals surface area contributed by atoms with Crippen molar-refractivity contribution in [2.45, 2.75) is 20.0 Å². The van der Waals surface area contributed by atoms with Crippen LogP contribution in [0.4, 0.5) is 13.2 Å². The van der Waals surface area contributed by atoms with Crippen molar-refractivity contribution >= 4 is 6.08 Å². The molecule has 0 amide bonds. The van der Waals surface area contributed by atoms with Crippen molar-refractivity contribution in [3.63, 3.8) is 0 Å². The Hall–Kier alpha value is -1.25. The first-order valence-electron chi connectivity index (χ1n) is 4.75. The first-order chi connectivity index (χ1) is 6.89. The van der Waals surface area contributed by atoms with Crippen molar-refractivity contribution in [1.82, 2.24) is 0 Å². The van der Waals surface area contributed by atoms with Gasteiger partial charge in [-0.1, -0.05) is 38.1 Å². The van der Waals surface area contributed by atoms with Crippen LogP contribution >= 0.6 is 0 Å². The summed E-state index contributed by atoms with van der Waals surface area (Å²) >= 11 is 0. The molecule has 0 aliphatic heterocycles. The van der Waals surface area contributed by atoms with Gasteiger partial charge in [0.25, 0.3) is 0 Å². The first-order valence-corrected chi connectivity index (χ1v) is 4.75. The molecule has 0 N–H and O–H groups in total. The summed E-state index contributed by atoms with van der Waals surface area (Å²) in [5, 5.41) is 0. The van der Waals surface area contributed by atoms with E-state index in [1.54, 1.807) is 0 Å². The highest BCUT2D eigenvalue weighted by molar-refractivity contribution is 5.50. The quantitative estimate of drug-likeness (QED) is 0.685. The molecule has 82 valence electrons. The molecule has 1 aromatic rings. The van der Waals surface area contributed by atoms with E-state index in [1.165, 1.54) is 12.1 Å². The summed E-state index contributed by atoms with van der Waals surface area (Å²) in [6.07, 6.45) is -0.478. The van der Waals surface area contributed by atoms with E-state index in [-0.39, 0.29) is 0 Å². The predicted octanol–water partition coefficient (Wildman–Crippen LogP) is 4.37. The first kappa shape index (κ1) is 11.8. The fourth-order valence-electron chi connectivity index (χ4n) is 1.09. The largest absolute Gasteiger partial charge is 0.416 e. The van der Waals surface area contributed by atoms with E-state index in [4.69, 9.17) is 0 Å². The van der Waals surface area contributed by atoms with Crippen LogP contribution in [0.1, 0.15) is 25.0 Å². The normalized spacial score (nSPS) is 12.7. The van der Waals surface area contributed by atoms with Crippen LogP contribution in [-0.4, -0.2) is 0 Å². The summed E-state index contributed by atoms with van der Waals surface area (Å²) in [5.41, 5.74) is 0.181. The Morgan fingerprint density at radius 3 is 2.00 bits per heavy atom.